The molecule has 3 aromatic rings. The molecule has 11 nitrogen and oxygen atoms in total. The van der Waals surface area contributed by atoms with E-state index in [2.05, 4.69) is 20.6 Å². The molecule has 0 bridgehead atoms. The summed E-state index contributed by atoms with van der Waals surface area (Å²) in [7, 11) is 1.52. The maximum absolute atomic E-state index is 13.5. The van der Waals surface area contributed by atoms with Gasteiger partial charge in [0.25, 0.3) is 11.8 Å². The quantitative estimate of drug-likeness (QED) is 0.136. The van der Waals surface area contributed by atoms with Gasteiger partial charge >= 0.3 is 0 Å². The molecule has 1 saturated heterocycles. The fraction of sp³-hybridized carbons (Fsp3) is 0.400. The van der Waals surface area contributed by atoms with Crippen molar-refractivity contribution in [2.24, 2.45) is 22.2 Å². The lowest BCUT2D eigenvalue weighted by molar-refractivity contribution is -0.122. The minimum absolute atomic E-state index is 0.0159. The summed E-state index contributed by atoms with van der Waals surface area (Å²) >= 11 is 8.98. The number of likely N-dealkylation sites (tertiary alicyclic amines) is 1. The summed E-state index contributed by atoms with van der Waals surface area (Å²) in [6.45, 7) is 0.824. The number of thiazole rings is 1. The number of hydrogen-bond donors (Lipinski definition) is 5. The highest BCUT2D eigenvalue weighted by atomic mass is 35.5. The highest BCUT2D eigenvalue weighted by molar-refractivity contribution is 7.20. The fourth-order valence-electron chi connectivity index (χ4n) is 4.49. The van der Waals surface area contributed by atoms with Gasteiger partial charge in [-0.15, -0.1) is 22.7 Å². The number of hydrogen-bond acceptors (Lipinski definition) is 8. The van der Waals surface area contributed by atoms with Gasteiger partial charge in [-0.2, -0.15) is 0 Å². The van der Waals surface area contributed by atoms with E-state index in [-0.39, 0.29) is 35.6 Å². The molecule has 0 spiro atoms. The first-order valence-corrected chi connectivity index (χ1v) is 14.5. The van der Waals surface area contributed by atoms with Crippen LogP contribution in [-0.2, 0) is 4.79 Å². The SMILES string of the molecule is CNC(=O)[C@H](CCCCN=C(N)N)NC(=O)c1csc([C@@H]2C[C@@H](N)CN2C(=O)c2cc3c(Cl)cccc3s2)n1. The van der Waals surface area contributed by atoms with Crippen molar-refractivity contribution in [2.75, 3.05) is 20.1 Å². The Labute approximate surface area is 238 Å². The van der Waals surface area contributed by atoms with E-state index in [4.69, 9.17) is 28.8 Å². The van der Waals surface area contributed by atoms with E-state index < -0.39 is 11.9 Å². The Bertz CT molecular complexity index is 1390. The third kappa shape index (κ3) is 6.85. The Hall–Kier alpha value is -3.26. The molecule has 14 heteroatoms. The van der Waals surface area contributed by atoms with E-state index in [0.29, 0.717) is 53.7 Å². The number of nitrogens with zero attached hydrogens (tertiary/aromatic N) is 3. The predicted octanol–water partition coefficient (Wildman–Crippen LogP) is 2.21. The monoisotopic (exact) mass is 590 g/mol. The van der Waals surface area contributed by atoms with Gasteiger partial charge < -0.3 is 32.7 Å². The van der Waals surface area contributed by atoms with Crippen LogP contribution < -0.4 is 27.8 Å². The molecule has 208 valence electrons. The van der Waals surface area contributed by atoms with Crippen molar-refractivity contribution < 1.29 is 14.4 Å². The Kier molecular flexibility index (Phi) is 9.38. The molecule has 2 aromatic heterocycles. The topological polar surface area (TPSA) is 182 Å². The van der Waals surface area contributed by atoms with Gasteiger partial charge in [0, 0.05) is 46.7 Å². The Morgan fingerprint density at radius 3 is 2.79 bits per heavy atom. The van der Waals surface area contributed by atoms with Gasteiger partial charge in [-0.3, -0.25) is 19.4 Å². The molecule has 39 heavy (non-hydrogen) atoms. The summed E-state index contributed by atoms with van der Waals surface area (Å²) in [5.74, 6) is -0.897. The number of aromatic nitrogens is 1. The second kappa shape index (κ2) is 12.7. The number of rotatable bonds is 10. The molecule has 1 aliphatic rings. The second-order valence-corrected chi connectivity index (χ2v) is 11.6. The summed E-state index contributed by atoms with van der Waals surface area (Å²) in [5.41, 5.74) is 17.1. The molecule has 3 amide bonds. The van der Waals surface area contributed by atoms with Gasteiger partial charge in [0.15, 0.2) is 5.96 Å². The van der Waals surface area contributed by atoms with Crippen LogP contribution in [0.15, 0.2) is 34.6 Å². The number of fused-ring (bicyclic) bond motifs is 1. The first kappa shape index (κ1) is 28.7. The van der Waals surface area contributed by atoms with E-state index in [9.17, 15) is 14.4 Å². The summed E-state index contributed by atoms with van der Waals surface area (Å²) in [6.07, 6.45) is 2.25. The Balaban J connectivity index is 1.45. The van der Waals surface area contributed by atoms with Crippen LogP contribution in [0.3, 0.4) is 0 Å². The number of likely N-dealkylation sites (N-methyl/N-ethyl adjacent to an activating group) is 1. The van der Waals surface area contributed by atoms with Crippen molar-refractivity contribution >= 4 is 68.0 Å². The highest BCUT2D eigenvalue weighted by Gasteiger charge is 2.37. The van der Waals surface area contributed by atoms with E-state index >= 15 is 0 Å². The molecule has 0 unspecified atom stereocenters. The Morgan fingerprint density at radius 2 is 2.08 bits per heavy atom. The normalized spacial score (nSPS) is 17.7. The summed E-state index contributed by atoms with van der Waals surface area (Å²) in [5, 5.41) is 9.03. The van der Waals surface area contributed by atoms with E-state index in [1.165, 1.54) is 29.7 Å². The number of nitrogens with one attached hydrogen (secondary N) is 2. The van der Waals surface area contributed by atoms with Crippen LogP contribution in [-0.4, -0.2) is 65.8 Å². The molecule has 0 saturated carbocycles. The molecule has 1 aliphatic heterocycles. The van der Waals surface area contributed by atoms with Gasteiger partial charge in [-0.25, -0.2) is 4.98 Å². The van der Waals surface area contributed by atoms with Crippen LogP contribution in [0.25, 0.3) is 10.1 Å². The van der Waals surface area contributed by atoms with Crippen LogP contribution in [0.1, 0.15) is 56.9 Å². The van der Waals surface area contributed by atoms with Gasteiger partial charge in [0.1, 0.15) is 16.7 Å². The smallest absolute Gasteiger partial charge is 0.271 e. The number of carbonyl (C=O) groups excluding carboxylic acids is 3. The number of unbranched alkanes of at least 4 members (excludes halogenated alkanes) is 1. The summed E-state index contributed by atoms with van der Waals surface area (Å²) in [6, 6.07) is 6.08. The molecular weight excluding hydrogens is 560 g/mol. The lowest BCUT2D eigenvalue weighted by atomic mass is 10.1. The molecule has 8 N–H and O–H groups in total. The van der Waals surface area contributed by atoms with Gasteiger partial charge in [-0.1, -0.05) is 17.7 Å². The maximum atomic E-state index is 13.5. The first-order valence-electron chi connectivity index (χ1n) is 12.5. The molecule has 0 radical (unpaired) electrons. The van der Waals surface area contributed by atoms with Crippen LogP contribution in [0.2, 0.25) is 5.02 Å². The number of thiophene rings is 1. The van der Waals surface area contributed by atoms with Crippen LogP contribution in [0, 0.1) is 0 Å². The van der Waals surface area contributed by atoms with Crippen molar-refractivity contribution in [3.05, 3.63) is 50.2 Å². The van der Waals surface area contributed by atoms with Crippen molar-refractivity contribution in [1.29, 1.82) is 0 Å². The third-order valence-electron chi connectivity index (χ3n) is 6.42. The lowest BCUT2D eigenvalue weighted by Gasteiger charge is -2.22. The van der Waals surface area contributed by atoms with E-state index in [0.717, 1.165) is 10.1 Å². The first-order chi connectivity index (χ1) is 18.7. The zero-order valence-electron chi connectivity index (χ0n) is 21.4. The van der Waals surface area contributed by atoms with Crippen LogP contribution in [0.4, 0.5) is 0 Å². The number of halogens is 1. The van der Waals surface area contributed by atoms with Crippen molar-refractivity contribution in [2.45, 2.75) is 43.8 Å². The predicted molar refractivity (Wildman–Crippen MR) is 155 cm³/mol. The molecule has 0 aliphatic carbocycles. The number of aliphatic imine (C=N–C) groups is 1. The van der Waals surface area contributed by atoms with Gasteiger partial charge in [0.05, 0.1) is 10.9 Å². The van der Waals surface area contributed by atoms with Crippen molar-refractivity contribution in [1.82, 2.24) is 20.5 Å². The minimum Gasteiger partial charge on any atom is -0.370 e. The standard InChI is InChI=1S/C25H31ClN8O3S2/c1-30-21(35)16(6-2-3-8-31-25(28)29)32-22(36)17-12-38-23(33-17)18-9-13(27)11-34(18)24(37)20-10-14-15(26)5-4-7-19(14)39-20/h4-5,7,10,12-13,16,18H,2-3,6,8-9,11,27H2,1H3,(H,30,35)(H,32,36)(H4,28,29,31)/t13-,16+,18+/m1/s1. The number of benzene rings is 1. The number of guanidine groups is 1. The average molecular weight is 591 g/mol. The molecular formula is C25H31ClN8O3S2. The van der Waals surface area contributed by atoms with Crippen LogP contribution in [0.5, 0.6) is 0 Å². The summed E-state index contributed by atoms with van der Waals surface area (Å²) < 4.78 is 0.931. The molecule has 1 aromatic carbocycles. The largest absolute Gasteiger partial charge is 0.370 e. The van der Waals surface area contributed by atoms with Gasteiger partial charge in [0.2, 0.25) is 5.91 Å². The van der Waals surface area contributed by atoms with Crippen molar-refractivity contribution in [3.63, 3.8) is 0 Å². The number of nitrogens with two attached hydrogens (primary N) is 3. The fourth-order valence-corrected chi connectivity index (χ4v) is 6.74. The molecule has 4 rings (SSSR count). The molecule has 3 atom stereocenters. The van der Waals surface area contributed by atoms with E-state index in [1.54, 1.807) is 16.3 Å². The third-order valence-corrected chi connectivity index (χ3v) is 8.78. The van der Waals surface area contributed by atoms with Crippen LogP contribution >= 0.6 is 34.3 Å². The zero-order valence-corrected chi connectivity index (χ0v) is 23.7. The Morgan fingerprint density at radius 1 is 1.28 bits per heavy atom. The van der Waals surface area contributed by atoms with Crippen molar-refractivity contribution in [3.8, 4) is 0 Å². The lowest BCUT2D eigenvalue weighted by Crippen LogP contribution is -2.45. The maximum Gasteiger partial charge on any atom is 0.271 e. The van der Waals surface area contributed by atoms with Gasteiger partial charge in [-0.05, 0) is 43.9 Å². The van der Waals surface area contributed by atoms with E-state index in [1.807, 2.05) is 18.2 Å². The highest BCUT2D eigenvalue weighted by Crippen LogP contribution is 2.37. The minimum atomic E-state index is -0.732. The number of carbonyl (C=O) groups is 3. The molecule has 3 heterocycles. The zero-order chi connectivity index (χ0) is 28.1. The molecule has 1 fully saturated rings. The number of amides is 3. The average Bonchev–Trinajstić information content (AvgIpc) is 3.65. The summed E-state index contributed by atoms with van der Waals surface area (Å²) in [4.78, 5) is 49.6. The second-order valence-electron chi connectivity index (χ2n) is 9.25.